The molecule has 1 saturated carbocycles. The average molecular weight is 315 g/mol. The summed E-state index contributed by atoms with van der Waals surface area (Å²) < 4.78 is 5.14. The van der Waals surface area contributed by atoms with Gasteiger partial charge in [0, 0.05) is 13.1 Å². The van der Waals surface area contributed by atoms with Crippen molar-refractivity contribution in [3.8, 4) is 0 Å². The van der Waals surface area contributed by atoms with Crippen LogP contribution in [-0.4, -0.2) is 36.5 Å². The molecule has 4 nitrogen and oxygen atoms in total. The third-order valence-electron chi connectivity index (χ3n) is 5.08. The SMILES string of the molecule is C[C@@H]1C[C@H]1C(=O)OCC(=O)N1CCC(Cc2ccccc2)CC1. The molecule has 0 N–H and O–H groups in total. The summed E-state index contributed by atoms with van der Waals surface area (Å²) in [6.45, 7) is 3.48. The lowest BCUT2D eigenvalue weighted by Gasteiger charge is -2.32. The molecule has 1 aliphatic carbocycles. The summed E-state index contributed by atoms with van der Waals surface area (Å²) in [4.78, 5) is 25.6. The molecule has 1 aromatic rings. The number of ether oxygens (including phenoxy) is 1. The third-order valence-corrected chi connectivity index (χ3v) is 5.08. The highest BCUT2D eigenvalue weighted by Crippen LogP contribution is 2.38. The van der Waals surface area contributed by atoms with Crippen molar-refractivity contribution in [2.24, 2.45) is 17.8 Å². The molecule has 0 bridgehead atoms. The highest BCUT2D eigenvalue weighted by molar-refractivity contribution is 5.82. The highest BCUT2D eigenvalue weighted by Gasteiger charge is 2.40. The smallest absolute Gasteiger partial charge is 0.309 e. The van der Waals surface area contributed by atoms with Gasteiger partial charge in [0.2, 0.25) is 0 Å². The Morgan fingerprint density at radius 3 is 2.43 bits per heavy atom. The van der Waals surface area contributed by atoms with Crippen LogP contribution in [0.3, 0.4) is 0 Å². The van der Waals surface area contributed by atoms with Crippen molar-refractivity contribution in [3.05, 3.63) is 35.9 Å². The van der Waals surface area contributed by atoms with Gasteiger partial charge in [-0.15, -0.1) is 0 Å². The molecule has 0 aromatic heterocycles. The predicted octanol–water partition coefficient (Wildman–Crippen LogP) is 2.67. The van der Waals surface area contributed by atoms with Crippen LogP contribution in [0.5, 0.6) is 0 Å². The van der Waals surface area contributed by atoms with Crippen LogP contribution in [0, 0.1) is 17.8 Å². The van der Waals surface area contributed by atoms with Crippen molar-refractivity contribution >= 4 is 11.9 Å². The van der Waals surface area contributed by atoms with Crippen LogP contribution < -0.4 is 0 Å². The Morgan fingerprint density at radius 1 is 1.17 bits per heavy atom. The fourth-order valence-corrected chi connectivity index (χ4v) is 3.32. The first-order valence-electron chi connectivity index (χ1n) is 8.62. The van der Waals surface area contributed by atoms with E-state index in [0.29, 0.717) is 11.8 Å². The molecular weight excluding hydrogens is 290 g/mol. The van der Waals surface area contributed by atoms with Crippen LogP contribution in [0.15, 0.2) is 30.3 Å². The second-order valence-corrected chi connectivity index (χ2v) is 6.94. The molecule has 1 saturated heterocycles. The Morgan fingerprint density at radius 2 is 1.83 bits per heavy atom. The molecule has 1 aromatic carbocycles. The summed E-state index contributed by atoms with van der Waals surface area (Å²) in [5.41, 5.74) is 1.37. The van der Waals surface area contributed by atoms with Crippen molar-refractivity contribution in [2.45, 2.75) is 32.6 Å². The van der Waals surface area contributed by atoms with Gasteiger partial charge in [0.05, 0.1) is 5.92 Å². The molecule has 2 fully saturated rings. The molecule has 3 rings (SSSR count). The largest absolute Gasteiger partial charge is 0.455 e. The number of rotatable bonds is 5. The topological polar surface area (TPSA) is 46.6 Å². The molecule has 0 unspecified atom stereocenters. The lowest BCUT2D eigenvalue weighted by atomic mass is 9.90. The van der Waals surface area contributed by atoms with E-state index in [4.69, 9.17) is 4.74 Å². The van der Waals surface area contributed by atoms with Gasteiger partial charge in [0.1, 0.15) is 0 Å². The van der Waals surface area contributed by atoms with Gasteiger partial charge in [-0.3, -0.25) is 9.59 Å². The molecule has 23 heavy (non-hydrogen) atoms. The molecule has 1 amide bonds. The van der Waals surface area contributed by atoms with Crippen LogP contribution >= 0.6 is 0 Å². The molecular formula is C19H25NO3. The van der Waals surface area contributed by atoms with Crippen molar-refractivity contribution in [3.63, 3.8) is 0 Å². The normalized spacial score (nSPS) is 24.3. The number of likely N-dealkylation sites (tertiary alicyclic amines) is 1. The highest BCUT2D eigenvalue weighted by atomic mass is 16.5. The molecule has 2 aliphatic rings. The van der Waals surface area contributed by atoms with Gasteiger partial charge in [0.25, 0.3) is 5.91 Å². The van der Waals surface area contributed by atoms with Crippen LogP contribution in [0.2, 0.25) is 0 Å². The Bertz CT molecular complexity index is 549. The van der Waals surface area contributed by atoms with Crippen molar-refractivity contribution < 1.29 is 14.3 Å². The minimum Gasteiger partial charge on any atom is -0.455 e. The number of piperidine rings is 1. The molecule has 1 aliphatic heterocycles. The molecule has 2 atom stereocenters. The summed E-state index contributed by atoms with van der Waals surface area (Å²) in [5, 5.41) is 0. The number of carbonyl (C=O) groups is 2. The molecule has 124 valence electrons. The number of hydrogen-bond acceptors (Lipinski definition) is 3. The summed E-state index contributed by atoms with van der Waals surface area (Å²) >= 11 is 0. The van der Waals surface area contributed by atoms with Crippen molar-refractivity contribution in [1.29, 1.82) is 0 Å². The van der Waals surface area contributed by atoms with E-state index in [1.165, 1.54) is 5.56 Å². The van der Waals surface area contributed by atoms with Crippen molar-refractivity contribution in [1.82, 2.24) is 4.90 Å². The zero-order chi connectivity index (χ0) is 16.2. The van der Waals surface area contributed by atoms with Crippen molar-refractivity contribution in [2.75, 3.05) is 19.7 Å². The Balaban J connectivity index is 1.38. The van der Waals surface area contributed by atoms with Crippen LogP contribution in [0.4, 0.5) is 0 Å². The fraction of sp³-hybridized carbons (Fsp3) is 0.579. The minimum atomic E-state index is -0.204. The number of amides is 1. The fourth-order valence-electron chi connectivity index (χ4n) is 3.32. The van der Waals surface area contributed by atoms with Gasteiger partial charge in [-0.1, -0.05) is 37.3 Å². The van der Waals surface area contributed by atoms with E-state index in [9.17, 15) is 9.59 Å². The van der Waals surface area contributed by atoms with Gasteiger partial charge < -0.3 is 9.64 Å². The maximum atomic E-state index is 12.1. The number of esters is 1. The summed E-state index contributed by atoms with van der Waals surface area (Å²) in [7, 11) is 0. The zero-order valence-corrected chi connectivity index (χ0v) is 13.7. The first-order valence-corrected chi connectivity index (χ1v) is 8.62. The predicted molar refractivity (Wildman–Crippen MR) is 87.7 cm³/mol. The monoisotopic (exact) mass is 315 g/mol. The van der Waals surface area contributed by atoms with Gasteiger partial charge in [-0.25, -0.2) is 0 Å². The summed E-state index contributed by atoms with van der Waals surface area (Å²) in [6, 6.07) is 10.5. The summed E-state index contributed by atoms with van der Waals surface area (Å²) in [5.74, 6) is 0.830. The first kappa shape index (κ1) is 16.0. The van der Waals surface area contributed by atoms with E-state index in [0.717, 1.165) is 38.8 Å². The van der Waals surface area contributed by atoms with Crippen LogP contribution in [0.1, 0.15) is 31.7 Å². The van der Waals surface area contributed by atoms with Gasteiger partial charge >= 0.3 is 5.97 Å². The standard InChI is InChI=1S/C19H25NO3/c1-14-11-17(14)19(22)23-13-18(21)20-9-7-16(8-10-20)12-15-5-3-2-4-6-15/h2-6,14,16-17H,7-13H2,1H3/t14-,17-/m1/s1. The van der Waals surface area contributed by atoms with Gasteiger partial charge in [-0.2, -0.15) is 0 Å². The molecule has 4 heteroatoms. The van der Waals surface area contributed by atoms with Crippen LogP contribution in [0.25, 0.3) is 0 Å². The summed E-state index contributed by atoms with van der Waals surface area (Å²) in [6.07, 6.45) is 4.03. The zero-order valence-electron chi connectivity index (χ0n) is 13.7. The number of carbonyl (C=O) groups excluding carboxylic acids is 2. The van der Waals surface area contributed by atoms with E-state index < -0.39 is 0 Å². The lowest BCUT2D eigenvalue weighted by Crippen LogP contribution is -2.41. The number of nitrogens with zero attached hydrogens (tertiary/aromatic N) is 1. The second kappa shape index (κ2) is 7.16. The maximum absolute atomic E-state index is 12.1. The number of benzene rings is 1. The van der Waals surface area contributed by atoms with Crippen LogP contribution in [-0.2, 0) is 20.7 Å². The van der Waals surface area contributed by atoms with E-state index in [1.54, 1.807) is 0 Å². The van der Waals surface area contributed by atoms with E-state index in [-0.39, 0.29) is 24.4 Å². The van der Waals surface area contributed by atoms with Gasteiger partial charge in [-0.05, 0) is 43.1 Å². The van der Waals surface area contributed by atoms with E-state index in [2.05, 4.69) is 24.3 Å². The lowest BCUT2D eigenvalue weighted by molar-refractivity contribution is -0.153. The Hall–Kier alpha value is -1.84. The average Bonchev–Trinajstić information content (AvgIpc) is 3.31. The Kier molecular flexibility index (Phi) is 4.99. The molecule has 1 heterocycles. The quantitative estimate of drug-likeness (QED) is 0.785. The molecule has 0 spiro atoms. The minimum absolute atomic E-state index is 0.0272. The Labute approximate surface area is 137 Å². The third kappa shape index (κ3) is 4.34. The maximum Gasteiger partial charge on any atom is 0.309 e. The number of hydrogen-bond donors (Lipinski definition) is 0. The van der Waals surface area contributed by atoms with Gasteiger partial charge in [0.15, 0.2) is 6.61 Å². The first-order chi connectivity index (χ1) is 11.1. The molecule has 0 radical (unpaired) electrons. The van der Waals surface area contributed by atoms with E-state index in [1.807, 2.05) is 17.9 Å². The van der Waals surface area contributed by atoms with E-state index >= 15 is 0 Å². The second-order valence-electron chi connectivity index (χ2n) is 6.94.